The Kier molecular flexibility index (Phi) is 3.51. The molecule has 0 aliphatic heterocycles. The zero-order chi connectivity index (χ0) is 12.3. The summed E-state index contributed by atoms with van der Waals surface area (Å²) in [5.74, 6) is 1.67. The lowest BCUT2D eigenvalue weighted by Gasteiger charge is -2.35. The largest absolute Gasteiger partial charge is 0.365 e. The topological polar surface area (TPSA) is 24.9 Å². The van der Waals surface area contributed by atoms with E-state index in [0.29, 0.717) is 5.92 Å². The third-order valence-electron chi connectivity index (χ3n) is 3.62. The molecule has 0 saturated heterocycles. The van der Waals surface area contributed by atoms with Gasteiger partial charge in [-0.1, -0.05) is 31.6 Å². The lowest BCUT2D eigenvalue weighted by molar-refractivity contribution is 0.440. The Bertz CT molecular complexity index is 395. The second-order valence-corrected chi connectivity index (χ2v) is 5.54. The van der Waals surface area contributed by atoms with Gasteiger partial charge in [0.05, 0.1) is 0 Å². The number of hydrogen-bond donors (Lipinski definition) is 1. The van der Waals surface area contributed by atoms with Crippen molar-refractivity contribution in [3.63, 3.8) is 0 Å². The van der Waals surface area contributed by atoms with E-state index in [1.54, 1.807) is 5.57 Å². The van der Waals surface area contributed by atoms with Crippen LogP contribution in [0.25, 0.3) is 0 Å². The van der Waals surface area contributed by atoms with Gasteiger partial charge >= 0.3 is 0 Å². The summed E-state index contributed by atoms with van der Waals surface area (Å²) in [5.41, 5.74) is 1.76. The lowest BCUT2D eigenvalue weighted by atomic mass is 9.81. The summed E-state index contributed by atoms with van der Waals surface area (Å²) in [6.45, 7) is 6.84. The van der Waals surface area contributed by atoms with Crippen LogP contribution in [0, 0.1) is 5.92 Å². The SMILES string of the molecule is CC(C)C1=CCC(C)(Nc2ccccn2)CC1. The molecule has 1 aliphatic rings. The van der Waals surface area contributed by atoms with Crippen molar-refractivity contribution >= 4 is 5.82 Å². The van der Waals surface area contributed by atoms with Gasteiger partial charge in [-0.05, 0) is 44.2 Å². The van der Waals surface area contributed by atoms with Crippen LogP contribution in [0.2, 0.25) is 0 Å². The van der Waals surface area contributed by atoms with Gasteiger partial charge in [0.25, 0.3) is 0 Å². The normalized spacial score (nSPS) is 24.6. The quantitative estimate of drug-likeness (QED) is 0.793. The molecule has 1 heterocycles. The summed E-state index contributed by atoms with van der Waals surface area (Å²) in [5, 5.41) is 3.56. The van der Waals surface area contributed by atoms with Gasteiger partial charge in [0.1, 0.15) is 5.82 Å². The van der Waals surface area contributed by atoms with Crippen molar-refractivity contribution in [3.8, 4) is 0 Å². The van der Waals surface area contributed by atoms with Crippen LogP contribution in [-0.4, -0.2) is 10.5 Å². The van der Waals surface area contributed by atoms with Crippen LogP contribution < -0.4 is 5.32 Å². The number of aromatic nitrogens is 1. The fourth-order valence-corrected chi connectivity index (χ4v) is 2.36. The second kappa shape index (κ2) is 4.91. The monoisotopic (exact) mass is 230 g/mol. The van der Waals surface area contributed by atoms with Crippen molar-refractivity contribution in [1.82, 2.24) is 4.98 Å². The van der Waals surface area contributed by atoms with Crippen LogP contribution >= 0.6 is 0 Å². The third kappa shape index (κ3) is 3.09. The molecule has 1 aliphatic carbocycles. The van der Waals surface area contributed by atoms with E-state index < -0.39 is 0 Å². The van der Waals surface area contributed by atoms with E-state index in [9.17, 15) is 0 Å². The molecule has 92 valence electrons. The molecule has 1 N–H and O–H groups in total. The first-order chi connectivity index (χ1) is 8.09. The summed E-state index contributed by atoms with van der Waals surface area (Å²) < 4.78 is 0. The van der Waals surface area contributed by atoms with E-state index in [1.165, 1.54) is 12.8 Å². The Morgan fingerprint density at radius 1 is 1.35 bits per heavy atom. The summed E-state index contributed by atoms with van der Waals surface area (Å²) in [7, 11) is 0. The van der Waals surface area contributed by atoms with Gasteiger partial charge in [0.2, 0.25) is 0 Å². The first-order valence-electron chi connectivity index (χ1n) is 6.47. The average molecular weight is 230 g/mol. The highest BCUT2D eigenvalue weighted by Gasteiger charge is 2.27. The van der Waals surface area contributed by atoms with Crippen LogP contribution in [0.15, 0.2) is 36.0 Å². The standard InChI is InChI=1S/C15H22N2/c1-12(2)13-7-9-15(3,10-8-13)17-14-6-4-5-11-16-14/h4-7,11-12H,8-10H2,1-3H3,(H,16,17). The molecule has 17 heavy (non-hydrogen) atoms. The van der Waals surface area contributed by atoms with Gasteiger partial charge in [-0.25, -0.2) is 4.98 Å². The molecular weight excluding hydrogens is 208 g/mol. The molecule has 2 heteroatoms. The number of hydrogen-bond acceptors (Lipinski definition) is 2. The van der Waals surface area contributed by atoms with Crippen molar-refractivity contribution in [1.29, 1.82) is 0 Å². The summed E-state index contributed by atoms with van der Waals surface area (Å²) in [6.07, 6.45) is 7.73. The number of pyridine rings is 1. The zero-order valence-corrected chi connectivity index (χ0v) is 11.0. The fourth-order valence-electron chi connectivity index (χ4n) is 2.36. The van der Waals surface area contributed by atoms with E-state index >= 15 is 0 Å². The molecule has 1 aromatic rings. The van der Waals surface area contributed by atoms with Crippen LogP contribution in [0.4, 0.5) is 5.82 Å². The lowest BCUT2D eigenvalue weighted by Crippen LogP contribution is -2.36. The van der Waals surface area contributed by atoms with Crippen molar-refractivity contribution < 1.29 is 0 Å². The molecule has 2 rings (SSSR count). The number of allylic oxidation sites excluding steroid dienone is 1. The Hall–Kier alpha value is -1.31. The van der Waals surface area contributed by atoms with Gasteiger partial charge in [-0.15, -0.1) is 0 Å². The predicted octanol–water partition coefficient (Wildman–Crippen LogP) is 4.02. The summed E-state index contributed by atoms with van der Waals surface area (Å²) in [4.78, 5) is 4.34. The Labute approximate surface area is 104 Å². The minimum atomic E-state index is 0.159. The van der Waals surface area contributed by atoms with Crippen molar-refractivity contribution in [2.24, 2.45) is 5.92 Å². The first kappa shape index (κ1) is 12.2. The molecule has 1 aromatic heterocycles. The first-order valence-corrected chi connectivity index (χ1v) is 6.47. The molecule has 0 saturated carbocycles. The van der Waals surface area contributed by atoms with Crippen LogP contribution in [-0.2, 0) is 0 Å². The Balaban J connectivity index is 2.03. The molecular formula is C15H22N2. The van der Waals surface area contributed by atoms with Crippen molar-refractivity contribution in [2.75, 3.05) is 5.32 Å². The maximum Gasteiger partial charge on any atom is 0.126 e. The molecule has 0 aromatic carbocycles. The highest BCUT2D eigenvalue weighted by atomic mass is 15.0. The predicted molar refractivity (Wildman–Crippen MR) is 73.0 cm³/mol. The van der Waals surface area contributed by atoms with Gasteiger partial charge in [-0.2, -0.15) is 0 Å². The summed E-state index contributed by atoms with van der Waals surface area (Å²) >= 11 is 0. The zero-order valence-electron chi connectivity index (χ0n) is 11.0. The second-order valence-electron chi connectivity index (χ2n) is 5.54. The maximum absolute atomic E-state index is 4.34. The van der Waals surface area contributed by atoms with Gasteiger partial charge < -0.3 is 5.32 Å². The number of anilines is 1. The van der Waals surface area contributed by atoms with Crippen LogP contribution in [0.3, 0.4) is 0 Å². The van der Waals surface area contributed by atoms with E-state index in [4.69, 9.17) is 0 Å². The number of nitrogens with zero attached hydrogens (tertiary/aromatic N) is 1. The Morgan fingerprint density at radius 3 is 2.71 bits per heavy atom. The van der Waals surface area contributed by atoms with E-state index in [-0.39, 0.29) is 5.54 Å². The highest BCUT2D eigenvalue weighted by molar-refractivity contribution is 5.38. The van der Waals surface area contributed by atoms with E-state index in [2.05, 4.69) is 37.1 Å². The highest BCUT2D eigenvalue weighted by Crippen LogP contribution is 2.32. The van der Waals surface area contributed by atoms with E-state index in [1.807, 2.05) is 24.4 Å². The molecule has 2 nitrogen and oxygen atoms in total. The number of rotatable bonds is 3. The smallest absolute Gasteiger partial charge is 0.126 e. The molecule has 0 spiro atoms. The van der Waals surface area contributed by atoms with Gasteiger partial charge in [-0.3, -0.25) is 0 Å². The Morgan fingerprint density at radius 2 is 2.18 bits per heavy atom. The third-order valence-corrected chi connectivity index (χ3v) is 3.62. The van der Waals surface area contributed by atoms with E-state index in [0.717, 1.165) is 12.2 Å². The maximum atomic E-state index is 4.34. The molecule has 0 amide bonds. The van der Waals surface area contributed by atoms with Gasteiger partial charge in [0, 0.05) is 11.7 Å². The minimum absolute atomic E-state index is 0.159. The molecule has 0 radical (unpaired) electrons. The average Bonchev–Trinajstić information content (AvgIpc) is 2.30. The van der Waals surface area contributed by atoms with Crippen LogP contribution in [0.1, 0.15) is 40.0 Å². The summed E-state index contributed by atoms with van der Waals surface area (Å²) in [6, 6.07) is 6.01. The van der Waals surface area contributed by atoms with Crippen molar-refractivity contribution in [3.05, 3.63) is 36.0 Å². The van der Waals surface area contributed by atoms with Crippen molar-refractivity contribution in [2.45, 2.75) is 45.6 Å². The number of nitrogens with one attached hydrogen (secondary N) is 1. The van der Waals surface area contributed by atoms with Crippen LogP contribution in [0.5, 0.6) is 0 Å². The van der Waals surface area contributed by atoms with Gasteiger partial charge in [0.15, 0.2) is 0 Å². The minimum Gasteiger partial charge on any atom is -0.365 e. The molecule has 1 unspecified atom stereocenters. The molecule has 1 atom stereocenters. The fraction of sp³-hybridized carbons (Fsp3) is 0.533. The molecule has 0 bridgehead atoms. The molecule has 0 fully saturated rings.